The molecule has 96 valence electrons. The lowest BCUT2D eigenvalue weighted by molar-refractivity contribution is 0.732. The molecule has 0 atom stereocenters. The van der Waals surface area contributed by atoms with Crippen LogP contribution < -0.4 is 4.80 Å². The normalized spacial score (nSPS) is 10.9. The summed E-state index contributed by atoms with van der Waals surface area (Å²) in [5.74, 6) is 0. The van der Waals surface area contributed by atoms with Gasteiger partial charge in [-0.25, -0.2) is 0 Å². The van der Waals surface area contributed by atoms with Gasteiger partial charge in [0.2, 0.25) is 0 Å². The van der Waals surface area contributed by atoms with Crippen molar-refractivity contribution in [3.05, 3.63) is 39.0 Å². The number of aromatic nitrogens is 1. The molecule has 0 aliphatic heterocycles. The van der Waals surface area contributed by atoms with Crippen LogP contribution in [0.25, 0.3) is 11.3 Å². The fourth-order valence-corrected chi connectivity index (χ4v) is 3.25. The number of nitrogens with zero attached hydrogens (tertiary/aromatic N) is 1. The topological polar surface area (TPSA) is 28.8 Å². The van der Waals surface area contributed by atoms with E-state index in [0.717, 1.165) is 13.0 Å². The largest absolute Gasteiger partial charge is 0.317 e. The molecule has 2 aromatic rings. The molecule has 0 saturated heterocycles. The van der Waals surface area contributed by atoms with E-state index in [1.807, 2.05) is 0 Å². The van der Waals surface area contributed by atoms with Crippen LogP contribution in [0.15, 0.2) is 18.2 Å². The van der Waals surface area contributed by atoms with Crippen LogP contribution in [-0.2, 0) is 13.0 Å². The molecule has 18 heavy (non-hydrogen) atoms. The quantitative estimate of drug-likeness (QED) is 0.867. The number of nitrogens with one attached hydrogen (secondary N) is 1. The van der Waals surface area contributed by atoms with Crippen molar-refractivity contribution in [2.75, 3.05) is 0 Å². The van der Waals surface area contributed by atoms with E-state index < -0.39 is 0 Å². The molecular formula is C15H20N2S. The van der Waals surface area contributed by atoms with Gasteiger partial charge in [0.1, 0.15) is 0 Å². The smallest absolute Gasteiger partial charge is 0.182 e. The molecule has 2 rings (SSSR count). The molecule has 1 heterocycles. The Hall–Kier alpha value is -1.35. The molecule has 0 radical (unpaired) electrons. The highest BCUT2D eigenvalue weighted by atomic mass is 32.1. The van der Waals surface area contributed by atoms with Gasteiger partial charge >= 0.3 is 0 Å². The Labute approximate surface area is 112 Å². The highest BCUT2D eigenvalue weighted by molar-refractivity contribution is 7.09. The van der Waals surface area contributed by atoms with Gasteiger partial charge in [0.05, 0.1) is 5.69 Å². The van der Waals surface area contributed by atoms with Gasteiger partial charge in [0, 0.05) is 11.4 Å². The molecule has 0 amide bonds. The van der Waals surface area contributed by atoms with Crippen molar-refractivity contribution < 1.29 is 0 Å². The molecule has 1 N–H and O–H groups in total. The third-order valence-corrected chi connectivity index (χ3v) is 4.56. The van der Waals surface area contributed by atoms with E-state index in [9.17, 15) is 0 Å². The van der Waals surface area contributed by atoms with E-state index in [0.29, 0.717) is 4.80 Å². The second-order valence-corrected chi connectivity index (χ2v) is 5.66. The summed E-state index contributed by atoms with van der Waals surface area (Å²) >= 11 is 1.60. The summed E-state index contributed by atoms with van der Waals surface area (Å²) in [6, 6.07) is 6.59. The van der Waals surface area contributed by atoms with Gasteiger partial charge in [-0.15, -0.1) is 11.3 Å². The minimum Gasteiger partial charge on any atom is -0.317 e. The Bertz CT molecular complexity index is 620. The molecular weight excluding hydrogens is 240 g/mol. The monoisotopic (exact) mass is 260 g/mol. The number of thiazole rings is 1. The van der Waals surface area contributed by atoms with Gasteiger partial charge in [0.15, 0.2) is 4.80 Å². The summed E-state index contributed by atoms with van der Waals surface area (Å²) in [6.07, 6.45) is 0.992. The third-order valence-electron chi connectivity index (χ3n) is 3.42. The Balaban J connectivity index is 2.68. The summed E-state index contributed by atoms with van der Waals surface area (Å²) in [6.45, 7) is 9.41. The zero-order valence-corrected chi connectivity index (χ0v) is 12.3. The van der Waals surface area contributed by atoms with Gasteiger partial charge in [-0.2, -0.15) is 0 Å². The van der Waals surface area contributed by atoms with Crippen molar-refractivity contribution in [2.24, 2.45) is 0 Å². The maximum atomic E-state index is 8.06. The van der Waals surface area contributed by atoms with Gasteiger partial charge < -0.3 is 4.57 Å². The van der Waals surface area contributed by atoms with Crippen LogP contribution in [-0.4, -0.2) is 4.57 Å². The maximum Gasteiger partial charge on any atom is 0.182 e. The highest BCUT2D eigenvalue weighted by Gasteiger charge is 2.13. The van der Waals surface area contributed by atoms with Crippen LogP contribution in [0.3, 0.4) is 0 Å². The summed E-state index contributed by atoms with van der Waals surface area (Å²) in [7, 11) is 0. The Morgan fingerprint density at radius 3 is 2.44 bits per heavy atom. The van der Waals surface area contributed by atoms with Crippen molar-refractivity contribution in [1.82, 2.24) is 4.57 Å². The van der Waals surface area contributed by atoms with E-state index in [2.05, 4.69) is 50.5 Å². The first kappa shape index (κ1) is 13.1. The lowest BCUT2D eigenvalue weighted by Gasteiger charge is -2.10. The lowest BCUT2D eigenvalue weighted by Crippen LogP contribution is -2.12. The average molecular weight is 260 g/mol. The molecule has 0 bridgehead atoms. The first-order valence-corrected chi connectivity index (χ1v) is 7.24. The molecule has 0 saturated carbocycles. The standard InChI is InChI=1S/C15H20N2S/c1-5-13-14(17(6-2)15(16)18-13)12-8-7-10(3)11(4)9-12/h7-9,16H,5-6H2,1-4H3. The Kier molecular flexibility index (Phi) is 3.71. The van der Waals surface area contributed by atoms with Crippen molar-refractivity contribution in [3.63, 3.8) is 0 Å². The number of hydrogen-bond acceptors (Lipinski definition) is 2. The number of hydrogen-bond donors (Lipinski definition) is 1. The van der Waals surface area contributed by atoms with Crippen LogP contribution in [0.2, 0.25) is 0 Å². The van der Waals surface area contributed by atoms with Crippen LogP contribution in [0.1, 0.15) is 29.9 Å². The number of rotatable bonds is 3. The zero-order chi connectivity index (χ0) is 13.3. The molecule has 0 fully saturated rings. The fraction of sp³-hybridized carbons (Fsp3) is 0.400. The van der Waals surface area contributed by atoms with Crippen LogP contribution in [0.4, 0.5) is 0 Å². The van der Waals surface area contributed by atoms with E-state index >= 15 is 0 Å². The third kappa shape index (κ3) is 2.15. The summed E-state index contributed by atoms with van der Waals surface area (Å²) in [5, 5.41) is 8.06. The summed E-state index contributed by atoms with van der Waals surface area (Å²) < 4.78 is 2.10. The first-order chi connectivity index (χ1) is 8.58. The van der Waals surface area contributed by atoms with Gasteiger partial charge in [-0.1, -0.05) is 19.1 Å². The lowest BCUT2D eigenvalue weighted by atomic mass is 10.0. The molecule has 0 spiro atoms. The highest BCUT2D eigenvalue weighted by Crippen LogP contribution is 2.27. The average Bonchev–Trinajstić information content (AvgIpc) is 2.68. The van der Waals surface area contributed by atoms with E-state index in [-0.39, 0.29) is 0 Å². The number of benzene rings is 1. The van der Waals surface area contributed by atoms with Crippen molar-refractivity contribution >= 4 is 11.3 Å². The van der Waals surface area contributed by atoms with Crippen LogP contribution >= 0.6 is 11.3 Å². The summed E-state index contributed by atoms with van der Waals surface area (Å²) in [4.78, 5) is 1.97. The van der Waals surface area contributed by atoms with Gasteiger partial charge in [-0.3, -0.25) is 5.41 Å². The van der Waals surface area contributed by atoms with E-state index in [1.165, 1.54) is 27.3 Å². The second kappa shape index (κ2) is 5.11. The molecule has 1 aromatic heterocycles. The second-order valence-electron chi connectivity index (χ2n) is 4.58. The van der Waals surface area contributed by atoms with Crippen LogP contribution in [0, 0.1) is 19.3 Å². The van der Waals surface area contributed by atoms with Crippen molar-refractivity contribution in [2.45, 2.75) is 40.7 Å². The van der Waals surface area contributed by atoms with E-state index in [1.54, 1.807) is 11.3 Å². The minimum absolute atomic E-state index is 0.655. The predicted molar refractivity (Wildman–Crippen MR) is 78.1 cm³/mol. The van der Waals surface area contributed by atoms with Crippen molar-refractivity contribution in [1.29, 1.82) is 5.41 Å². The molecule has 3 heteroatoms. The first-order valence-electron chi connectivity index (χ1n) is 6.43. The predicted octanol–water partition coefficient (Wildman–Crippen LogP) is 3.90. The maximum absolute atomic E-state index is 8.06. The SMILES string of the molecule is CCc1sc(=N)n(CC)c1-c1ccc(C)c(C)c1. The fourth-order valence-electron chi connectivity index (χ4n) is 2.22. The minimum atomic E-state index is 0.655. The molecule has 2 nitrogen and oxygen atoms in total. The van der Waals surface area contributed by atoms with E-state index in [4.69, 9.17) is 5.41 Å². The Morgan fingerprint density at radius 2 is 1.89 bits per heavy atom. The molecule has 0 unspecified atom stereocenters. The summed E-state index contributed by atoms with van der Waals surface area (Å²) in [5.41, 5.74) is 5.11. The zero-order valence-electron chi connectivity index (χ0n) is 11.5. The molecule has 0 aliphatic carbocycles. The Morgan fingerprint density at radius 1 is 1.17 bits per heavy atom. The van der Waals surface area contributed by atoms with Crippen LogP contribution in [0.5, 0.6) is 0 Å². The van der Waals surface area contributed by atoms with Crippen molar-refractivity contribution in [3.8, 4) is 11.3 Å². The molecule has 0 aliphatic rings. The van der Waals surface area contributed by atoms with Gasteiger partial charge in [-0.05, 0) is 49.9 Å². The van der Waals surface area contributed by atoms with Gasteiger partial charge in [0.25, 0.3) is 0 Å². The number of aryl methyl sites for hydroxylation is 3. The molecule has 1 aromatic carbocycles.